The second kappa shape index (κ2) is 7.68. The zero-order valence-corrected chi connectivity index (χ0v) is 9.65. The standard InChI is InChI=1S/C8H18N2S2/c1-4-9-8(11)10-6-5-7(2)12-3/h7H,4-6H2,1-3H3,(H2,9,10,11). The molecule has 2 N–H and O–H groups in total. The van der Waals surface area contributed by atoms with E-state index >= 15 is 0 Å². The molecule has 0 aliphatic heterocycles. The van der Waals surface area contributed by atoms with Crippen LogP contribution < -0.4 is 10.6 Å². The van der Waals surface area contributed by atoms with Crippen LogP contribution in [-0.4, -0.2) is 29.7 Å². The first kappa shape index (κ1) is 12.0. The van der Waals surface area contributed by atoms with Crippen LogP contribution in [0.2, 0.25) is 0 Å². The molecule has 0 saturated heterocycles. The second-order valence-corrected chi connectivity index (χ2v) is 4.31. The predicted octanol–water partition coefficient (Wildman–Crippen LogP) is 1.61. The predicted molar refractivity (Wildman–Crippen MR) is 61.9 cm³/mol. The fraction of sp³-hybridized carbons (Fsp3) is 0.875. The number of hydrogen-bond donors (Lipinski definition) is 2. The summed E-state index contributed by atoms with van der Waals surface area (Å²) in [4.78, 5) is 0. The van der Waals surface area contributed by atoms with Gasteiger partial charge in [0.15, 0.2) is 5.11 Å². The molecule has 1 unspecified atom stereocenters. The Hall–Kier alpha value is 0.0400. The quantitative estimate of drug-likeness (QED) is 0.668. The minimum absolute atomic E-state index is 0.710. The van der Waals surface area contributed by atoms with Crippen molar-refractivity contribution >= 4 is 29.1 Å². The fourth-order valence-corrected chi connectivity index (χ4v) is 1.33. The van der Waals surface area contributed by atoms with Crippen molar-refractivity contribution in [2.24, 2.45) is 0 Å². The van der Waals surface area contributed by atoms with Gasteiger partial charge in [-0.3, -0.25) is 0 Å². The van der Waals surface area contributed by atoms with Crippen LogP contribution in [0.25, 0.3) is 0 Å². The highest BCUT2D eigenvalue weighted by Crippen LogP contribution is 2.07. The molecule has 12 heavy (non-hydrogen) atoms. The van der Waals surface area contributed by atoms with Crippen LogP contribution in [0.1, 0.15) is 20.3 Å². The SMILES string of the molecule is CCNC(=S)NCCC(C)SC. The zero-order valence-electron chi connectivity index (χ0n) is 8.02. The Kier molecular flexibility index (Phi) is 7.70. The minimum Gasteiger partial charge on any atom is -0.363 e. The van der Waals surface area contributed by atoms with Gasteiger partial charge in [0.05, 0.1) is 0 Å². The topological polar surface area (TPSA) is 24.1 Å². The Morgan fingerprint density at radius 2 is 2.17 bits per heavy atom. The molecule has 0 spiro atoms. The number of nitrogens with one attached hydrogen (secondary N) is 2. The van der Waals surface area contributed by atoms with Crippen LogP contribution in [-0.2, 0) is 0 Å². The van der Waals surface area contributed by atoms with Crippen LogP contribution in [0.4, 0.5) is 0 Å². The van der Waals surface area contributed by atoms with Crippen molar-refractivity contribution in [1.82, 2.24) is 10.6 Å². The molecule has 0 aromatic heterocycles. The first-order valence-electron chi connectivity index (χ1n) is 4.25. The van der Waals surface area contributed by atoms with Crippen LogP contribution in [0.3, 0.4) is 0 Å². The van der Waals surface area contributed by atoms with Gasteiger partial charge < -0.3 is 10.6 Å². The summed E-state index contributed by atoms with van der Waals surface area (Å²) >= 11 is 6.90. The van der Waals surface area contributed by atoms with Crippen molar-refractivity contribution in [1.29, 1.82) is 0 Å². The average molecular weight is 206 g/mol. The van der Waals surface area contributed by atoms with Crippen molar-refractivity contribution in [2.75, 3.05) is 19.3 Å². The van der Waals surface area contributed by atoms with Gasteiger partial charge in [-0.15, -0.1) is 0 Å². The Morgan fingerprint density at radius 1 is 1.50 bits per heavy atom. The molecule has 0 amide bonds. The summed E-state index contributed by atoms with van der Waals surface area (Å²) in [7, 11) is 0. The number of rotatable bonds is 5. The summed E-state index contributed by atoms with van der Waals surface area (Å²) in [5, 5.41) is 7.69. The molecule has 0 saturated carbocycles. The lowest BCUT2D eigenvalue weighted by Crippen LogP contribution is -2.36. The highest BCUT2D eigenvalue weighted by atomic mass is 32.2. The summed E-state index contributed by atoms with van der Waals surface area (Å²) in [6.07, 6.45) is 3.29. The van der Waals surface area contributed by atoms with Crippen LogP contribution in [0.5, 0.6) is 0 Å². The summed E-state index contributed by atoms with van der Waals surface area (Å²) in [5.74, 6) is 0. The first-order chi connectivity index (χ1) is 5.70. The highest BCUT2D eigenvalue weighted by molar-refractivity contribution is 7.99. The van der Waals surface area contributed by atoms with Gasteiger partial charge in [0.25, 0.3) is 0 Å². The maximum Gasteiger partial charge on any atom is 0.166 e. The van der Waals surface area contributed by atoms with Gasteiger partial charge in [-0.1, -0.05) is 6.92 Å². The molecule has 0 aromatic rings. The molecule has 0 radical (unpaired) electrons. The third-order valence-corrected chi connectivity index (χ3v) is 2.91. The maximum absolute atomic E-state index is 5.01. The minimum atomic E-state index is 0.710. The highest BCUT2D eigenvalue weighted by Gasteiger charge is 1.98. The molecule has 0 aromatic carbocycles. The number of hydrogen-bond acceptors (Lipinski definition) is 2. The van der Waals surface area contributed by atoms with E-state index in [1.54, 1.807) is 0 Å². The molecule has 4 heteroatoms. The monoisotopic (exact) mass is 206 g/mol. The zero-order chi connectivity index (χ0) is 9.40. The van der Waals surface area contributed by atoms with E-state index in [1.165, 1.54) is 0 Å². The van der Waals surface area contributed by atoms with Gasteiger partial charge >= 0.3 is 0 Å². The Bertz CT molecular complexity index is 128. The van der Waals surface area contributed by atoms with Crippen molar-refractivity contribution in [3.05, 3.63) is 0 Å². The summed E-state index contributed by atoms with van der Waals surface area (Å²) in [6, 6.07) is 0. The maximum atomic E-state index is 5.01. The van der Waals surface area contributed by atoms with Gasteiger partial charge in [0, 0.05) is 18.3 Å². The lowest BCUT2D eigenvalue weighted by Gasteiger charge is -2.11. The number of thiocarbonyl (C=S) groups is 1. The molecule has 0 bridgehead atoms. The smallest absolute Gasteiger partial charge is 0.166 e. The third-order valence-electron chi connectivity index (χ3n) is 1.58. The van der Waals surface area contributed by atoms with Gasteiger partial charge in [-0.05, 0) is 31.8 Å². The molecule has 2 nitrogen and oxygen atoms in total. The second-order valence-electron chi connectivity index (χ2n) is 2.62. The van der Waals surface area contributed by atoms with E-state index in [9.17, 15) is 0 Å². The van der Waals surface area contributed by atoms with Gasteiger partial charge in [-0.25, -0.2) is 0 Å². The average Bonchev–Trinajstić information content (AvgIpc) is 2.04. The molecule has 0 rings (SSSR count). The van der Waals surface area contributed by atoms with E-state index in [2.05, 4.69) is 23.8 Å². The van der Waals surface area contributed by atoms with E-state index < -0.39 is 0 Å². The van der Waals surface area contributed by atoms with Crippen LogP contribution in [0.15, 0.2) is 0 Å². The van der Waals surface area contributed by atoms with Crippen molar-refractivity contribution < 1.29 is 0 Å². The third kappa shape index (κ3) is 6.73. The fourth-order valence-electron chi connectivity index (χ4n) is 0.730. The van der Waals surface area contributed by atoms with E-state index in [0.717, 1.165) is 24.6 Å². The summed E-state index contributed by atoms with van der Waals surface area (Å²) < 4.78 is 0. The molecule has 0 heterocycles. The Labute approximate surface area is 84.9 Å². The molecule has 0 fully saturated rings. The molecule has 0 aliphatic rings. The van der Waals surface area contributed by atoms with E-state index in [-0.39, 0.29) is 0 Å². The molecular weight excluding hydrogens is 188 g/mol. The number of thioether (sulfide) groups is 1. The van der Waals surface area contributed by atoms with Crippen molar-refractivity contribution in [2.45, 2.75) is 25.5 Å². The summed E-state index contributed by atoms with van der Waals surface area (Å²) in [5.41, 5.74) is 0. The summed E-state index contributed by atoms with van der Waals surface area (Å²) in [6.45, 7) is 6.12. The Morgan fingerprint density at radius 3 is 2.67 bits per heavy atom. The molecule has 1 atom stereocenters. The largest absolute Gasteiger partial charge is 0.363 e. The van der Waals surface area contributed by atoms with E-state index in [4.69, 9.17) is 12.2 Å². The lowest BCUT2D eigenvalue weighted by molar-refractivity contribution is 0.755. The van der Waals surface area contributed by atoms with Crippen molar-refractivity contribution in [3.63, 3.8) is 0 Å². The molecule has 0 aliphatic carbocycles. The van der Waals surface area contributed by atoms with Gasteiger partial charge in [-0.2, -0.15) is 11.8 Å². The van der Waals surface area contributed by atoms with Gasteiger partial charge in [0.1, 0.15) is 0 Å². The Balaban J connectivity index is 3.24. The molecular formula is C8H18N2S2. The lowest BCUT2D eigenvalue weighted by atomic mass is 10.3. The first-order valence-corrected chi connectivity index (χ1v) is 5.94. The van der Waals surface area contributed by atoms with Crippen LogP contribution >= 0.6 is 24.0 Å². The molecule has 72 valence electrons. The van der Waals surface area contributed by atoms with E-state index in [0.29, 0.717) is 5.25 Å². The normalized spacial score (nSPS) is 12.2. The van der Waals surface area contributed by atoms with E-state index in [1.807, 2.05) is 18.7 Å². The van der Waals surface area contributed by atoms with Crippen LogP contribution in [0, 0.1) is 0 Å². The van der Waals surface area contributed by atoms with Gasteiger partial charge in [0.2, 0.25) is 0 Å². The van der Waals surface area contributed by atoms with Crippen molar-refractivity contribution in [3.8, 4) is 0 Å².